The molecule has 0 atom stereocenters. The molecule has 0 N–H and O–H groups in total. The number of likely N-dealkylation sites (tertiary alicyclic amines) is 1. The predicted octanol–water partition coefficient (Wildman–Crippen LogP) is 3.90. The number of aryl methyl sites for hydroxylation is 2. The van der Waals surface area contributed by atoms with Crippen LogP contribution in [0.25, 0.3) is 0 Å². The third-order valence-electron chi connectivity index (χ3n) is 4.95. The number of amides is 1. The number of carbonyl (C=O) groups excluding carboxylic acids is 2. The Morgan fingerprint density at radius 2 is 1.77 bits per heavy atom. The van der Waals surface area contributed by atoms with E-state index in [1.807, 2.05) is 67.3 Å². The standard InChI is InChI=1S/C22H25NO3/c1-16-6-5-8-18(14-16)15-26-22(25)19-10-12-23(13-11-19)21(24)20-9-4-3-7-17(20)2/h3-9,14,19H,10-13,15H2,1-2H3. The molecule has 0 unspecified atom stereocenters. The average Bonchev–Trinajstić information content (AvgIpc) is 2.66. The van der Waals surface area contributed by atoms with Crippen molar-refractivity contribution in [1.29, 1.82) is 0 Å². The van der Waals surface area contributed by atoms with E-state index in [9.17, 15) is 9.59 Å². The number of nitrogens with zero attached hydrogens (tertiary/aromatic N) is 1. The van der Waals surface area contributed by atoms with Crippen LogP contribution < -0.4 is 0 Å². The summed E-state index contributed by atoms with van der Waals surface area (Å²) in [5.74, 6) is -0.232. The summed E-state index contributed by atoms with van der Waals surface area (Å²) in [5.41, 5.74) is 3.89. The normalized spacial score (nSPS) is 14.9. The van der Waals surface area contributed by atoms with E-state index >= 15 is 0 Å². The zero-order chi connectivity index (χ0) is 18.5. The summed E-state index contributed by atoms with van der Waals surface area (Å²) in [6.07, 6.45) is 1.31. The molecule has 26 heavy (non-hydrogen) atoms. The molecule has 0 bridgehead atoms. The Morgan fingerprint density at radius 3 is 2.46 bits per heavy atom. The van der Waals surface area contributed by atoms with Crippen molar-refractivity contribution in [2.24, 2.45) is 5.92 Å². The van der Waals surface area contributed by atoms with E-state index in [0.717, 1.165) is 22.3 Å². The summed E-state index contributed by atoms with van der Waals surface area (Å²) >= 11 is 0. The molecule has 1 fully saturated rings. The fraction of sp³-hybridized carbons (Fsp3) is 0.364. The lowest BCUT2D eigenvalue weighted by Crippen LogP contribution is -2.40. The molecule has 0 spiro atoms. The van der Waals surface area contributed by atoms with Gasteiger partial charge in [-0.2, -0.15) is 0 Å². The van der Waals surface area contributed by atoms with Gasteiger partial charge in [0.2, 0.25) is 0 Å². The van der Waals surface area contributed by atoms with Gasteiger partial charge in [-0.15, -0.1) is 0 Å². The Morgan fingerprint density at radius 1 is 1.04 bits per heavy atom. The lowest BCUT2D eigenvalue weighted by Gasteiger charge is -2.31. The highest BCUT2D eigenvalue weighted by atomic mass is 16.5. The molecule has 0 radical (unpaired) electrons. The van der Waals surface area contributed by atoms with Crippen LogP contribution in [0, 0.1) is 19.8 Å². The monoisotopic (exact) mass is 351 g/mol. The highest BCUT2D eigenvalue weighted by Gasteiger charge is 2.29. The smallest absolute Gasteiger partial charge is 0.309 e. The van der Waals surface area contributed by atoms with Crippen molar-refractivity contribution in [3.8, 4) is 0 Å². The van der Waals surface area contributed by atoms with Crippen LogP contribution in [-0.2, 0) is 16.1 Å². The molecule has 1 amide bonds. The van der Waals surface area contributed by atoms with E-state index in [2.05, 4.69) is 0 Å². The van der Waals surface area contributed by atoms with Gasteiger partial charge in [0.1, 0.15) is 6.61 Å². The number of rotatable bonds is 4. The van der Waals surface area contributed by atoms with E-state index in [1.165, 1.54) is 0 Å². The number of benzene rings is 2. The van der Waals surface area contributed by atoms with Crippen molar-refractivity contribution in [3.63, 3.8) is 0 Å². The van der Waals surface area contributed by atoms with Crippen molar-refractivity contribution in [1.82, 2.24) is 4.90 Å². The minimum absolute atomic E-state index is 0.0506. The van der Waals surface area contributed by atoms with Gasteiger partial charge in [0.15, 0.2) is 0 Å². The summed E-state index contributed by atoms with van der Waals surface area (Å²) in [6, 6.07) is 15.6. The van der Waals surface area contributed by atoms with Crippen LogP contribution in [0.1, 0.15) is 39.9 Å². The third-order valence-corrected chi connectivity index (χ3v) is 4.95. The van der Waals surface area contributed by atoms with E-state index in [4.69, 9.17) is 4.74 Å². The molecular formula is C22H25NO3. The molecule has 2 aromatic rings. The molecule has 1 aliphatic heterocycles. The Bertz CT molecular complexity index is 791. The number of carbonyl (C=O) groups is 2. The Kier molecular flexibility index (Phi) is 5.71. The summed E-state index contributed by atoms with van der Waals surface area (Å²) in [7, 11) is 0. The lowest BCUT2D eigenvalue weighted by molar-refractivity contribution is -0.151. The van der Waals surface area contributed by atoms with Gasteiger partial charge in [0, 0.05) is 18.7 Å². The van der Waals surface area contributed by atoms with Gasteiger partial charge >= 0.3 is 5.97 Å². The van der Waals surface area contributed by atoms with Gasteiger partial charge in [-0.05, 0) is 43.9 Å². The number of esters is 1. The van der Waals surface area contributed by atoms with Gasteiger partial charge in [0.25, 0.3) is 5.91 Å². The SMILES string of the molecule is Cc1cccc(COC(=O)C2CCN(C(=O)c3ccccc3C)CC2)c1. The van der Waals surface area contributed by atoms with Crippen molar-refractivity contribution >= 4 is 11.9 Å². The van der Waals surface area contributed by atoms with Gasteiger partial charge < -0.3 is 9.64 Å². The highest BCUT2D eigenvalue weighted by Crippen LogP contribution is 2.22. The fourth-order valence-corrected chi connectivity index (χ4v) is 3.38. The van der Waals surface area contributed by atoms with Gasteiger partial charge in [-0.25, -0.2) is 0 Å². The number of hydrogen-bond donors (Lipinski definition) is 0. The summed E-state index contributed by atoms with van der Waals surface area (Å²) in [4.78, 5) is 26.8. The van der Waals surface area contributed by atoms with Crippen LogP contribution in [-0.4, -0.2) is 29.9 Å². The molecule has 0 aliphatic carbocycles. The first kappa shape index (κ1) is 18.2. The predicted molar refractivity (Wildman–Crippen MR) is 101 cm³/mol. The van der Waals surface area contributed by atoms with Crippen LogP contribution >= 0.6 is 0 Å². The largest absolute Gasteiger partial charge is 0.461 e. The first-order valence-electron chi connectivity index (χ1n) is 9.11. The second-order valence-corrected chi connectivity index (χ2v) is 6.98. The zero-order valence-electron chi connectivity index (χ0n) is 15.4. The lowest BCUT2D eigenvalue weighted by atomic mass is 9.96. The highest BCUT2D eigenvalue weighted by molar-refractivity contribution is 5.95. The van der Waals surface area contributed by atoms with E-state index in [0.29, 0.717) is 32.5 Å². The molecule has 3 rings (SSSR count). The van der Waals surface area contributed by atoms with Crippen LogP contribution in [0.15, 0.2) is 48.5 Å². The van der Waals surface area contributed by atoms with E-state index in [1.54, 1.807) is 0 Å². The maximum Gasteiger partial charge on any atom is 0.309 e. The third kappa shape index (κ3) is 4.31. The van der Waals surface area contributed by atoms with Crippen molar-refractivity contribution in [2.75, 3.05) is 13.1 Å². The Hall–Kier alpha value is -2.62. The van der Waals surface area contributed by atoms with Crippen molar-refractivity contribution in [2.45, 2.75) is 33.3 Å². The van der Waals surface area contributed by atoms with Gasteiger partial charge in [-0.3, -0.25) is 9.59 Å². The molecule has 1 saturated heterocycles. The van der Waals surface area contributed by atoms with Crippen LogP contribution in [0.2, 0.25) is 0 Å². The average molecular weight is 351 g/mol. The molecule has 0 saturated carbocycles. The minimum atomic E-state index is -0.158. The number of ether oxygens (including phenoxy) is 1. The van der Waals surface area contributed by atoms with Crippen molar-refractivity contribution in [3.05, 3.63) is 70.8 Å². The van der Waals surface area contributed by atoms with Gasteiger partial charge in [0.05, 0.1) is 5.92 Å². The minimum Gasteiger partial charge on any atom is -0.461 e. The van der Waals surface area contributed by atoms with Crippen LogP contribution in [0.4, 0.5) is 0 Å². The molecular weight excluding hydrogens is 326 g/mol. The number of piperidine rings is 1. The Labute approximate surface area is 154 Å². The second kappa shape index (κ2) is 8.17. The first-order valence-corrected chi connectivity index (χ1v) is 9.11. The molecule has 136 valence electrons. The van der Waals surface area contributed by atoms with Gasteiger partial charge in [-0.1, -0.05) is 48.0 Å². The maximum absolute atomic E-state index is 12.6. The van der Waals surface area contributed by atoms with Crippen molar-refractivity contribution < 1.29 is 14.3 Å². The molecule has 2 aromatic carbocycles. The molecule has 1 aliphatic rings. The Balaban J connectivity index is 1.51. The quantitative estimate of drug-likeness (QED) is 0.785. The van der Waals surface area contributed by atoms with E-state index < -0.39 is 0 Å². The van der Waals surface area contributed by atoms with E-state index in [-0.39, 0.29) is 17.8 Å². The summed E-state index contributed by atoms with van der Waals surface area (Å²) < 4.78 is 5.48. The topological polar surface area (TPSA) is 46.6 Å². The second-order valence-electron chi connectivity index (χ2n) is 6.98. The van der Waals surface area contributed by atoms with Crippen LogP contribution in [0.5, 0.6) is 0 Å². The fourth-order valence-electron chi connectivity index (χ4n) is 3.38. The molecule has 4 nitrogen and oxygen atoms in total. The maximum atomic E-state index is 12.6. The first-order chi connectivity index (χ1) is 12.5. The zero-order valence-corrected chi connectivity index (χ0v) is 15.4. The molecule has 0 aromatic heterocycles. The number of hydrogen-bond acceptors (Lipinski definition) is 3. The summed E-state index contributed by atoms with van der Waals surface area (Å²) in [5, 5.41) is 0. The van der Waals surface area contributed by atoms with Crippen LogP contribution in [0.3, 0.4) is 0 Å². The molecule has 4 heteroatoms. The summed E-state index contributed by atoms with van der Waals surface area (Å²) in [6.45, 7) is 5.47. The molecule has 1 heterocycles.